The van der Waals surface area contributed by atoms with Crippen molar-refractivity contribution < 1.29 is 13.6 Å². The lowest BCUT2D eigenvalue weighted by Gasteiger charge is -2.03. The molecular weight excluding hydrogens is 434 g/mol. The van der Waals surface area contributed by atoms with Gasteiger partial charge in [-0.15, -0.1) is 10.2 Å². The zero-order valence-electron chi connectivity index (χ0n) is 15.0. The fraction of sp³-hybridized carbons (Fsp3) is 0. The van der Waals surface area contributed by atoms with Crippen LogP contribution in [0.4, 0.5) is 14.5 Å². The average Bonchev–Trinajstić information content (AvgIpc) is 3.42. The van der Waals surface area contributed by atoms with Crippen molar-refractivity contribution in [3.8, 4) is 5.69 Å². The first-order chi connectivity index (χ1) is 14.5. The number of aromatic nitrogens is 5. The second-order valence-corrected chi connectivity index (χ2v) is 7.30. The standard InChI is InChI=1S/C19H11ClF2N6OS/c20-14(7-11-1-6-16(15(22)8-11)28-10-23-9-24-28)18-26-27-19(30-18)17(29)25-13-4-2-12(21)3-5-13/h1-10H,(H,25,29)/b14-7-. The van der Waals surface area contributed by atoms with Gasteiger partial charge in [-0.05, 0) is 48.0 Å². The van der Waals surface area contributed by atoms with E-state index in [2.05, 4.69) is 25.6 Å². The summed E-state index contributed by atoms with van der Waals surface area (Å²) < 4.78 is 28.6. The SMILES string of the molecule is O=C(Nc1ccc(F)cc1)c1nnc(/C(Cl)=C/c2ccc(-n3cncn3)c(F)c2)s1. The summed E-state index contributed by atoms with van der Waals surface area (Å²) in [6, 6.07) is 9.82. The zero-order chi connectivity index (χ0) is 21.1. The highest BCUT2D eigenvalue weighted by Crippen LogP contribution is 2.26. The average molecular weight is 445 g/mol. The number of amides is 1. The highest BCUT2D eigenvalue weighted by molar-refractivity contribution is 7.15. The second kappa shape index (κ2) is 8.47. The summed E-state index contributed by atoms with van der Waals surface area (Å²) in [5.41, 5.74) is 1.16. The fourth-order valence-electron chi connectivity index (χ4n) is 2.47. The molecule has 4 rings (SSSR count). The molecule has 0 fully saturated rings. The Morgan fingerprint density at radius 3 is 2.57 bits per heavy atom. The Balaban J connectivity index is 1.50. The smallest absolute Gasteiger partial charge is 0.286 e. The van der Waals surface area contributed by atoms with E-state index in [0.717, 1.165) is 11.3 Å². The van der Waals surface area contributed by atoms with Gasteiger partial charge in [0.2, 0.25) is 5.01 Å². The van der Waals surface area contributed by atoms with Crippen molar-refractivity contribution in [2.45, 2.75) is 0 Å². The maximum atomic E-state index is 14.3. The predicted molar refractivity (Wildman–Crippen MR) is 109 cm³/mol. The molecule has 0 aliphatic carbocycles. The Labute approximate surface area is 177 Å². The van der Waals surface area contributed by atoms with E-state index in [4.69, 9.17) is 11.6 Å². The van der Waals surface area contributed by atoms with E-state index in [9.17, 15) is 13.6 Å². The van der Waals surface area contributed by atoms with Crippen molar-refractivity contribution in [2.75, 3.05) is 5.32 Å². The van der Waals surface area contributed by atoms with Crippen molar-refractivity contribution in [3.63, 3.8) is 0 Å². The van der Waals surface area contributed by atoms with Gasteiger partial charge in [0, 0.05) is 5.69 Å². The van der Waals surface area contributed by atoms with Gasteiger partial charge in [0.05, 0.1) is 5.03 Å². The lowest BCUT2D eigenvalue weighted by Crippen LogP contribution is -2.11. The first-order valence-corrected chi connectivity index (χ1v) is 9.61. The van der Waals surface area contributed by atoms with Gasteiger partial charge in [-0.2, -0.15) is 5.10 Å². The monoisotopic (exact) mass is 444 g/mol. The molecule has 1 amide bonds. The van der Waals surface area contributed by atoms with Crippen molar-refractivity contribution in [3.05, 3.63) is 82.3 Å². The quantitative estimate of drug-likeness (QED) is 0.493. The number of carbonyl (C=O) groups is 1. The molecule has 0 bridgehead atoms. The Morgan fingerprint density at radius 1 is 1.10 bits per heavy atom. The van der Waals surface area contributed by atoms with Crippen molar-refractivity contribution >= 4 is 45.6 Å². The third-order valence-electron chi connectivity index (χ3n) is 3.86. The summed E-state index contributed by atoms with van der Waals surface area (Å²) in [7, 11) is 0. The molecule has 0 saturated heterocycles. The van der Waals surface area contributed by atoms with E-state index in [0.29, 0.717) is 16.3 Å². The molecule has 0 radical (unpaired) electrons. The highest BCUT2D eigenvalue weighted by Gasteiger charge is 2.15. The molecule has 0 saturated carbocycles. The van der Waals surface area contributed by atoms with Crippen molar-refractivity contribution in [1.82, 2.24) is 25.0 Å². The molecule has 0 unspecified atom stereocenters. The van der Waals surface area contributed by atoms with Crippen LogP contribution in [0.15, 0.2) is 55.1 Å². The summed E-state index contributed by atoms with van der Waals surface area (Å²) in [5.74, 6) is -1.41. The number of rotatable bonds is 5. The Kier molecular flexibility index (Phi) is 5.59. The third kappa shape index (κ3) is 4.39. The van der Waals surface area contributed by atoms with Crippen LogP contribution in [0.2, 0.25) is 0 Å². The number of nitrogens with one attached hydrogen (secondary N) is 1. The number of nitrogens with zero attached hydrogens (tertiary/aromatic N) is 5. The molecule has 2 aromatic carbocycles. The van der Waals surface area contributed by atoms with Gasteiger partial charge in [-0.3, -0.25) is 4.79 Å². The van der Waals surface area contributed by atoms with Gasteiger partial charge < -0.3 is 5.32 Å². The number of anilines is 1. The molecule has 0 aliphatic rings. The van der Waals surface area contributed by atoms with Crippen LogP contribution in [-0.4, -0.2) is 30.9 Å². The first kappa shape index (κ1) is 19.8. The number of carbonyl (C=O) groups excluding carboxylic acids is 1. The lowest BCUT2D eigenvalue weighted by molar-refractivity contribution is 0.102. The largest absolute Gasteiger partial charge is 0.320 e. The van der Waals surface area contributed by atoms with Crippen LogP contribution < -0.4 is 5.32 Å². The second-order valence-electron chi connectivity index (χ2n) is 5.92. The van der Waals surface area contributed by atoms with Gasteiger partial charge in [0.15, 0.2) is 5.01 Å². The van der Waals surface area contributed by atoms with Crippen LogP contribution in [0.1, 0.15) is 20.4 Å². The molecule has 7 nitrogen and oxygen atoms in total. The van der Waals surface area contributed by atoms with Gasteiger partial charge in [0.25, 0.3) is 5.91 Å². The van der Waals surface area contributed by atoms with E-state index in [1.807, 2.05) is 0 Å². The first-order valence-electron chi connectivity index (χ1n) is 8.42. The molecule has 30 heavy (non-hydrogen) atoms. The summed E-state index contributed by atoms with van der Waals surface area (Å²) in [5, 5.41) is 14.8. The maximum Gasteiger partial charge on any atom is 0.286 e. The van der Waals surface area contributed by atoms with E-state index < -0.39 is 17.5 Å². The molecule has 1 N–H and O–H groups in total. The topological polar surface area (TPSA) is 85.6 Å². The van der Waals surface area contributed by atoms with Gasteiger partial charge in [0.1, 0.15) is 30.0 Å². The van der Waals surface area contributed by atoms with Crippen LogP contribution in [0.3, 0.4) is 0 Å². The van der Waals surface area contributed by atoms with Crippen LogP contribution in [0.25, 0.3) is 16.8 Å². The summed E-state index contributed by atoms with van der Waals surface area (Å²) >= 11 is 7.25. The molecule has 0 aliphatic heterocycles. The van der Waals surface area contributed by atoms with E-state index >= 15 is 0 Å². The summed E-state index contributed by atoms with van der Waals surface area (Å²) in [6.45, 7) is 0. The van der Waals surface area contributed by atoms with Gasteiger partial charge >= 0.3 is 0 Å². The molecule has 11 heteroatoms. The molecule has 0 atom stereocenters. The lowest BCUT2D eigenvalue weighted by atomic mass is 10.2. The Morgan fingerprint density at radius 2 is 1.87 bits per heavy atom. The minimum Gasteiger partial charge on any atom is -0.320 e. The van der Waals surface area contributed by atoms with Crippen LogP contribution in [0, 0.1) is 11.6 Å². The predicted octanol–water partition coefficient (Wildman–Crippen LogP) is 4.39. The normalized spacial score (nSPS) is 11.5. The minimum atomic E-state index is -0.504. The Bertz CT molecular complexity index is 1220. The third-order valence-corrected chi connectivity index (χ3v) is 5.21. The number of hydrogen-bond donors (Lipinski definition) is 1. The summed E-state index contributed by atoms with van der Waals surface area (Å²) in [6.07, 6.45) is 4.21. The van der Waals surface area contributed by atoms with E-state index in [-0.39, 0.29) is 15.7 Å². The fourth-order valence-corrected chi connectivity index (χ4v) is 3.39. The molecular formula is C19H11ClF2N6OS. The molecule has 2 aromatic heterocycles. The molecule has 2 heterocycles. The molecule has 150 valence electrons. The van der Waals surface area contributed by atoms with Crippen molar-refractivity contribution in [2.24, 2.45) is 0 Å². The summed E-state index contributed by atoms with van der Waals surface area (Å²) in [4.78, 5) is 16.1. The minimum absolute atomic E-state index is 0.0774. The Hall–Kier alpha value is -3.50. The number of hydrogen-bond acceptors (Lipinski definition) is 6. The van der Waals surface area contributed by atoms with E-state index in [1.54, 1.807) is 12.1 Å². The molecule has 4 aromatic rings. The van der Waals surface area contributed by atoms with Crippen LogP contribution >= 0.6 is 22.9 Å². The van der Waals surface area contributed by atoms with Crippen LogP contribution in [0.5, 0.6) is 0 Å². The van der Waals surface area contributed by atoms with Gasteiger partial charge in [-0.1, -0.05) is 29.0 Å². The number of benzene rings is 2. The molecule has 0 spiro atoms. The van der Waals surface area contributed by atoms with Crippen LogP contribution in [-0.2, 0) is 0 Å². The van der Waals surface area contributed by atoms with Crippen molar-refractivity contribution in [1.29, 1.82) is 0 Å². The number of halogens is 3. The van der Waals surface area contributed by atoms with E-state index in [1.165, 1.54) is 53.7 Å². The van der Waals surface area contributed by atoms with Gasteiger partial charge in [-0.25, -0.2) is 18.4 Å². The zero-order valence-corrected chi connectivity index (χ0v) is 16.5. The maximum absolute atomic E-state index is 14.3. The highest BCUT2D eigenvalue weighted by atomic mass is 35.5.